The fraction of sp³-hybridized carbons (Fsp3) is 0. The van der Waals surface area contributed by atoms with Gasteiger partial charge in [0.1, 0.15) is 17.6 Å². The Balaban J connectivity index is 2.24. The van der Waals surface area contributed by atoms with E-state index in [9.17, 15) is 20.0 Å². The van der Waals surface area contributed by atoms with Crippen LogP contribution in [0.4, 0.5) is 5.69 Å². The normalized spacial score (nSPS) is 10.7. The highest BCUT2D eigenvalue weighted by Crippen LogP contribution is 2.24. The van der Waals surface area contributed by atoms with Crippen LogP contribution in [0, 0.1) is 10.1 Å². The molecule has 1 heterocycles. The average molecular weight is 283 g/mol. The van der Waals surface area contributed by atoms with Crippen LogP contribution in [-0.2, 0) is 0 Å². The lowest BCUT2D eigenvalue weighted by atomic mass is 10.0. The molecule has 0 aliphatic heterocycles. The van der Waals surface area contributed by atoms with Gasteiger partial charge in [0.25, 0.3) is 5.69 Å². The Morgan fingerprint density at radius 1 is 1.14 bits per heavy atom. The summed E-state index contributed by atoms with van der Waals surface area (Å²) in [5.41, 5.74) is 0.494. The maximum Gasteiger partial charge on any atom is 0.270 e. The minimum atomic E-state index is -0.524. The summed E-state index contributed by atoms with van der Waals surface area (Å²) in [6, 6.07) is 9.96. The first-order valence-electron chi connectivity index (χ1n) is 6.05. The average Bonchev–Trinajstić information content (AvgIpc) is 2.47. The second-order valence-electron chi connectivity index (χ2n) is 4.47. The fourth-order valence-electron chi connectivity index (χ4n) is 2.10. The Morgan fingerprint density at radius 3 is 2.71 bits per heavy atom. The highest BCUT2D eigenvalue weighted by molar-refractivity contribution is 5.82. The Kier molecular flexibility index (Phi) is 2.91. The molecule has 0 saturated heterocycles. The van der Waals surface area contributed by atoms with E-state index >= 15 is 0 Å². The summed E-state index contributed by atoms with van der Waals surface area (Å²) >= 11 is 0. The predicted molar refractivity (Wildman–Crippen MR) is 76.2 cm³/mol. The number of hydrogen-bond donors (Lipinski definition) is 1. The number of non-ortho nitro benzene ring substituents is 1. The summed E-state index contributed by atoms with van der Waals surface area (Å²) < 4.78 is 5.33. The Morgan fingerprint density at radius 2 is 1.95 bits per heavy atom. The zero-order chi connectivity index (χ0) is 15.0. The summed E-state index contributed by atoms with van der Waals surface area (Å²) in [5, 5.41) is 20.5. The smallest absolute Gasteiger partial charge is 0.270 e. The summed E-state index contributed by atoms with van der Waals surface area (Å²) in [6.07, 6.45) is 1.24. The zero-order valence-corrected chi connectivity index (χ0v) is 10.6. The second kappa shape index (κ2) is 4.75. The molecule has 0 aliphatic carbocycles. The van der Waals surface area contributed by atoms with Crippen molar-refractivity contribution in [3.05, 3.63) is 69.1 Å². The van der Waals surface area contributed by atoms with Gasteiger partial charge in [-0.2, -0.15) is 0 Å². The number of nitro groups is 1. The van der Waals surface area contributed by atoms with Crippen LogP contribution in [0.3, 0.4) is 0 Å². The van der Waals surface area contributed by atoms with Crippen molar-refractivity contribution in [2.24, 2.45) is 0 Å². The monoisotopic (exact) mass is 283 g/mol. The third-order valence-corrected chi connectivity index (χ3v) is 3.13. The molecule has 6 heteroatoms. The van der Waals surface area contributed by atoms with E-state index in [2.05, 4.69) is 0 Å². The molecule has 104 valence electrons. The molecular weight excluding hydrogens is 274 g/mol. The summed E-state index contributed by atoms with van der Waals surface area (Å²) in [7, 11) is 0. The van der Waals surface area contributed by atoms with Crippen LogP contribution in [0.5, 0.6) is 5.75 Å². The number of rotatable bonds is 2. The SMILES string of the molecule is O=c1c(-c2cccc([N+](=O)[O-])c2)coc2cc(O)ccc12. The molecule has 1 aromatic heterocycles. The van der Waals surface area contributed by atoms with Gasteiger partial charge >= 0.3 is 0 Å². The molecule has 0 bridgehead atoms. The van der Waals surface area contributed by atoms with Gasteiger partial charge in [-0.05, 0) is 17.7 Å². The Labute approximate surface area is 118 Å². The van der Waals surface area contributed by atoms with Crippen molar-refractivity contribution >= 4 is 16.7 Å². The minimum Gasteiger partial charge on any atom is -0.508 e. The van der Waals surface area contributed by atoms with Gasteiger partial charge < -0.3 is 9.52 Å². The molecule has 6 nitrogen and oxygen atoms in total. The molecule has 3 rings (SSSR count). The second-order valence-corrected chi connectivity index (χ2v) is 4.47. The number of nitrogens with zero attached hydrogens (tertiary/aromatic N) is 1. The largest absolute Gasteiger partial charge is 0.508 e. The van der Waals surface area contributed by atoms with E-state index in [0.29, 0.717) is 10.9 Å². The molecule has 0 radical (unpaired) electrons. The molecular formula is C15H9NO5. The van der Waals surface area contributed by atoms with Crippen LogP contribution in [0.15, 0.2) is 57.9 Å². The van der Waals surface area contributed by atoms with E-state index in [-0.39, 0.29) is 28.0 Å². The minimum absolute atomic E-state index is 0.00579. The molecule has 0 aliphatic rings. The number of nitro benzene ring substituents is 1. The quantitative estimate of drug-likeness (QED) is 0.576. The molecule has 3 aromatic rings. The predicted octanol–water partition coefficient (Wildman–Crippen LogP) is 3.07. The van der Waals surface area contributed by atoms with E-state index in [1.165, 1.54) is 42.7 Å². The summed E-state index contributed by atoms with van der Waals surface area (Å²) in [6.45, 7) is 0. The molecule has 1 N–H and O–H groups in total. The van der Waals surface area contributed by atoms with Crippen molar-refractivity contribution in [1.82, 2.24) is 0 Å². The molecule has 0 saturated carbocycles. The van der Waals surface area contributed by atoms with Gasteiger partial charge in [0.2, 0.25) is 0 Å². The lowest BCUT2D eigenvalue weighted by Crippen LogP contribution is -2.04. The van der Waals surface area contributed by atoms with Gasteiger partial charge in [-0.25, -0.2) is 0 Å². The Hall–Kier alpha value is -3.15. The standard InChI is InChI=1S/C15H9NO5/c17-11-4-5-12-14(7-11)21-8-13(15(12)18)9-2-1-3-10(6-9)16(19)20/h1-8,17H. The van der Waals surface area contributed by atoms with Crippen LogP contribution in [0.2, 0.25) is 0 Å². The van der Waals surface area contributed by atoms with Gasteiger partial charge in [0.15, 0.2) is 5.43 Å². The molecule has 0 unspecified atom stereocenters. The maximum absolute atomic E-state index is 12.4. The van der Waals surface area contributed by atoms with Gasteiger partial charge in [-0.15, -0.1) is 0 Å². The molecule has 21 heavy (non-hydrogen) atoms. The lowest BCUT2D eigenvalue weighted by molar-refractivity contribution is -0.384. The number of aromatic hydroxyl groups is 1. The van der Waals surface area contributed by atoms with Crippen molar-refractivity contribution in [2.45, 2.75) is 0 Å². The third-order valence-electron chi connectivity index (χ3n) is 3.13. The number of hydrogen-bond acceptors (Lipinski definition) is 5. The van der Waals surface area contributed by atoms with Crippen LogP contribution >= 0.6 is 0 Å². The highest BCUT2D eigenvalue weighted by atomic mass is 16.6. The van der Waals surface area contributed by atoms with E-state index in [4.69, 9.17) is 4.42 Å². The maximum atomic E-state index is 12.4. The van der Waals surface area contributed by atoms with E-state index in [1.807, 2.05) is 0 Å². The van der Waals surface area contributed by atoms with Gasteiger partial charge in [-0.3, -0.25) is 14.9 Å². The lowest BCUT2D eigenvalue weighted by Gasteiger charge is -2.03. The van der Waals surface area contributed by atoms with Gasteiger partial charge in [0.05, 0.1) is 15.9 Å². The van der Waals surface area contributed by atoms with Crippen molar-refractivity contribution in [1.29, 1.82) is 0 Å². The van der Waals surface area contributed by atoms with E-state index in [0.717, 1.165) is 0 Å². The number of phenolic OH excluding ortho intramolecular Hbond substituents is 1. The highest BCUT2D eigenvalue weighted by Gasteiger charge is 2.12. The number of phenols is 1. The number of fused-ring (bicyclic) bond motifs is 1. The van der Waals surface area contributed by atoms with Crippen molar-refractivity contribution in [3.63, 3.8) is 0 Å². The topological polar surface area (TPSA) is 93.6 Å². The molecule has 0 atom stereocenters. The van der Waals surface area contributed by atoms with E-state index < -0.39 is 4.92 Å². The van der Waals surface area contributed by atoms with Gasteiger partial charge in [0, 0.05) is 18.2 Å². The van der Waals surface area contributed by atoms with Crippen LogP contribution in [0.25, 0.3) is 22.1 Å². The molecule has 0 spiro atoms. The summed E-state index contributed by atoms with van der Waals surface area (Å²) in [5.74, 6) is -0.00579. The van der Waals surface area contributed by atoms with E-state index in [1.54, 1.807) is 6.07 Å². The van der Waals surface area contributed by atoms with Crippen molar-refractivity contribution < 1.29 is 14.4 Å². The fourth-order valence-corrected chi connectivity index (χ4v) is 2.10. The number of benzene rings is 2. The zero-order valence-electron chi connectivity index (χ0n) is 10.6. The van der Waals surface area contributed by atoms with Crippen molar-refractivity contribution in [3.8, 4) is 16.9 Å². The Bertz CT molecular complexity index is 913. The first-order chi connectivity index (χ1) is 10.1. The first kappa shape index (κ1) is 12.9. The summed E-state index contributed by atoms with van der Waals surface area (Å²) in [4.78, 5) is 22.7. The molecule has 2 aromatic carbocycles. The third kappa shape index (κ3) is 2.23. The molecule has 0 amide bonds. The van der Waals surface area contributed by atoms with Crippen LogP contribution in [0.1, 0.15) is 0 Å². The molecule has 0 fully saturated rings. The van der Waals surface area contributed by atoms with Crippen molar-refractivity contribution in [2.75, 3.05) is 0 Å². The van der Waals surface area contributed by atoms with Crippen LogP contribution < -0.4 is 5.43 Å². The first-order valence-corrected chi connectivity index (χ1v) is 6.05. The van der Waals surface area contributed by atoms with Crippen LogP contribution in [-0.4, -0.2) is 10.0 Å². The van der Waals surface area contributed by atoms with Gasteiger partial charge in [-0.1, -0.05) is 12.1 Å².